The molecule has 0 saturated carbocycles. The Morgan fingerprint density at radius 2 is 2.36 bits per heavy atom. The first-order valence-electron chi connectivity index (χ1n) is 4.77. The molecule has 0 aliphatic carbocycles. The van der Waals surface area contributed by atoms with Gasteiger partial charge in [0.2, 0.25) is 0 Å². The summed E-state index contributed by atoms with van der Waals surface area (Å²) in [4.78, 5) is 6.73. The second-order valence-corrected chi connectivity index (χ2v) is 4.87. The molecule has 14 heavy (non-hydrogen) atoms. The number of hydrogen-bond acceptors (Lipinski definition) is 3. The highest BCUT2D eigenvalue weighted by Gasteiger charge is 2.51. The van der Waals surface area contributed by atoms with E-state index in [0.717, 1.165) is 30.0 Å². The normalized spacial score (nSPS) is 23.1. The molecular weight excluding hydrogens is 244 g/mol. The second kappa shape index (κ2) is 2.94. The molecule has 3 nitrogen and oxygen atoms in total. The summed E-state index contributed by atoms with van der Waals surface area (Å²) in [6, 6.07) is 4.02. The maximum Gasteiger partial charge on any atom is 0.130 e. The monoisotopic (exact) mass is 254 g/mol. The Kier molecular flexibility index (Phi) is 1.82. The van der Waals surface area contributed by atoms with E-state index in [2.05, 4.69) is 31.9 Å². The molecule has 0 bridgehead atoms. The van der Waals surface area contributed by atoms with Gasteiger partial charge in [0.15, 0.2) is 0 Å². The fraction of sp³-hybridized carbons (Fsp3) is 0.500. The van der Waals surface area contributed by atoms with Gasteiger partial charge in [-0.05, 0) is 18.6 Å². The van der Waals surface area contributed by atoms with Crippen LogP contribution >= 0.6 is 15.9 Å². The molecule has 74 valence electrons. The number of pyridine rings is 1. The van der Waals surface area contributed by atoms with Crippen LogP contribution in [0.2, 0.25) is 0 Å². The zero-order valence-electron chi connectivity index (χ0n) is 7.74. The van der Waals surface area contributed by atoms with Crippen molar-refractivity contribution in [1.29, 1.82) is 0 Å². The first kappa shape index (κ1) is 8.68. The third-order valence-electron chi connectivity index (χ3n) is 3.10. The van der Waals surface area contributed by atoms with Gasteiger partial charge in [0.05, 0.1) is 18.8 Å². The molecule has 3 heterocycles. The lowest BCUT2D eigenvalue weighted by atomic mass is 9.83. The van der Waals surface area contributed by atoms with E-state index in [4.69, 9.17) is 4.74 Å². The zero-order valence-corrected chi connectivity index (χ0v) is 9.33. The SMILES string of the molecule is Brc1ccnc(N2CCC23COC3)c1. The van der Waals surface area contributed by atoms with E-state index in [1.165, 1.54) is 6.42 Å². The molecule has 1 aromatic rings. The molecular formula is C10H11BrN2O. The fourth-order valence-electron chi connectivity index (χ4n) is 2.08. The van der Waals surface area contributed by atoms with E-state index >= 15 is 0 Å². The standard InChI is InChI=1S/C10H11BrN2O/c11-8-1-3-12-9(5-8)13-4-2-10(13)6-14-7-10/h1,3,5H,2,4,6-7H2. The van der Waals surface area contributed by atoms with Crippen LogP contribution in [-0.2, 0) is 4.74 Å². The predicted molar refractivity (Wildman–Crippen MR) is 57.5 cm³/mol. The third-order valence-corrected chi connectivity index (χ3v) is 3.59. The van der Waals surface area contributed by atoms with Crippen LogP contribution in [0.4, 0.5) is 5.82 Å². The van der Waals surface area contributed by atoms with Crippen LogP contribution in [0.15, 0.2) is 22.8 Å². The van der Waals surface area contributed by atoms with Crippen molar-refractivity contribution in [3.63, 3.8) is 0 Å². The second-order valence-electron chi connectivity index (χ2n) is 3.95. The molecule has 0 aromatic carbocycles. The highest BCUT2D eigenvalue weighted by molar-refractivity contribution is 9.10. The van der Waals surface area contributed by atoms with Crippen molar-refractivity contribution in [3.8, 4) is 0 Å². The molecule has 1 aromatic heterocycles. The van der Waals surface area contributed by atoms with Gasteiger partial charge in [-0.2, -0.15) is 0 Å². The van der Waals surface area contributed by atoms with E-state index in [1.807, 2.05) is 12.3 Å². The molecule has 0 N–H and O–H groups in total. The Bertz CT molecular complexity index is 359. The van der Waals surface area contributed by atoms with Gasteiger partial charge in [-0.3, -0.25) is 0 Å². The van der Waals surface area contributed by atoms with Gasteiger partial charge in [0.1, 0.15) is 5.82 Å². The molecule has 0 radical (unpaired) electrons. The molecule has 2 fully saturated rings. The summed E-state index contributed by atoms with van der Waals surface area (Å²) < 4.78 is 6.37. The van der Waals surface area contributed by atoms with Gasteiger partial charge in [0, 0.05) is 17.2 Å². The largest absolute Gasteiger partial charge is 0.376 e. The summed E-state index contributed by atoms with van der Waals surface area (Å²) in [5.74, 6) is 1.06. The minimum atomic E-state index is 0.286. The highest BCUT2D eigenvalue weighted by Crippen LogP contribution is 2.40. The topological polar surface area (TPSA) is 25.4 Å². The maximum absolute atomic E-state index is 5.28. The van der Waals surface area contributed by atoms with E-state index in [9.17, 15) is 0 Å². The van der Waals surface area contributed by atoms with Gasteiger partial charge >= 0.3 is 0 Å². The average Bonchev–Trinajstić information content (AvgIpc) is 1.99. The fourth-order valence-corrected chi connectivity index (χ4v) is 2.40. The maximum atomic E-state index is 5.28. The van der Waals surface area contributed by atoms with Gasteiger partial charge in [-0.15, -0.1) is 0 Å². The van der Waals surface area contributed by atoms with Gasteiger partial charge < -0.3 is 9.64 Å². The smallest absolute Gasteiger partial charge is 0.130 e. The number of hydrogen-bond donors (Lipinski definition) is 0. The summed E-state index contributed by atoms with van der Waals surface area (Å²) in [6.07, 6.45) is 3.08. The molecule has 3 rings (SSSR count). The van der Waals surface area contributed by atoms with Crippen LogP contribution < -0.4 is 4.90 Å². The number of nitrogens with zero attached hydrogens (tertiary/aromatic N) is 2. The van der Waals surface area contributed by atoms with Crippen LogP contribution in [0, 0.1) is 0 Å². The Balaban J connectivity index is 1.89. The van der Waals surface area contributed by atoms with Crippen molar-refractivity contribution in [1.82, 2.24) is 4.98 Å². The summed E-state index contributed by atoms with van der Waals surface area (Å²) in [7, 11) is 0. The number of anilines is 1. The van der Waals surface area contributed by atoms with E-state index in [-0.39, 0.29) is 5.54 Å². The summed E-state index contributed by atoms with van der Waals surface area (Å²) >= 11 is 3.46. The van der Waals surface area contributed by atoms with Crippen molar-refractivity contribution in [2.24, 2.45) is 0 Å². The van der Waals surface area contributed by atoms with Crippen LogP contribution in [0.3, 0.4) is 0 Å². The van der Waals surface area contributed by atoms with Gasteiger partial charge in [-0.25, -0.2) is 4.98 Å². The van der Waals surface area contributed by atoms with Crippen LogP contribution in [0.1, 0.15) is 6.42 Å². The lowest BCUT2D eigenvalue weighted by Gasteiger charge is -2.58. The predicted octanol–water partition coefficient (Wildman–Crippen LogP) is 1.82. The minimum absolute atomic E-state index is 0.286. The van der Waals surface area contributed by atoms with E-state index in [0.29, 0.717) is 0 Å². The number of ether oxygens (including phenoxy) is 1. The van der Waals surface area contributed by atoms with Crippen LogP contribution in [0.25, 0.3) is 0 Å². The molecule has 2 aliphatic rings. The number of rotatable bonds is 1. The van der Waals surface area contributed by atoms with Crippen molar-refractivity contribution in [2.45, 2.75) is 12.0 Å². The lowest BCUT2D eigenvalue weighted by molar-refractivity contribution is -0.0851. The Labute approximate surface area is 91.2 Å². The van der Waals surface area contributed by atoms with E-state index < -0.39 is 0 Å². The first-order valence-corrected chi connectivity index (χ1v) is 5.56. The first-order chi connectivity index (χ1) is 6.80. The quantitative estimate of drug-likeness (QED) is 0.765. The number of halogens is 1. The molecule has 0 atom stereocenters. The Morgan fingerprint density at radius 3 is 2.86 bits per heavy atom. The zero-order chi connectivity index (χ0) is 9.60. The molecule has 2 saturated heterocycles. The summed E-state index contributed by atoms with van der Waals surface area (Å²) in [6.45, 7) is 2.83. The van der Waals surface area contributed by atoms with Crippen molar-refractivity contribution in [2.75, 3.05) is 24.7 Å². The van der Waals surface area contributed by atoms with Gasteiger partial charge in [0.25, 0.3) is 0 Å². The summed E-state index contributed by atoms with van der Waals surface area (Å²) in [5.41, 5.74) is 0.286. The van der Waals surface area contributed by atoms with Crippen molar-refractivity contribution in [3.05, 3.63) is 22.8 Å². The Morgan fingerprint density at radius 1 is 1.50 bits per heavy atom. The number of aromatic nitrogens is 1. The van der Waals surface area contributed by atoms with Gasteiger partial charge in [-0.1, -0.05) is 15.9 Å². The van der Waals surface area contributed by atoms with Crippen molar-refractivity contribution < 1.29 is 4.74 Å². The van der Waals surface area contributed by atoms with E-state index in [1.54, 1.807) is 0 Å². The average molecular weight is 255 g/mol. The minimum Gasteiger partial charge on any atom is -0.376 e. The molecule has 1 spiro atoms. The summed E-state index contributed by atoms with van der Waals surface area (Å²) in [5, 5.41) is 0. The van der Waals surface area contributed by atoms with Crippen LogP contribution in [-0.4, -0.2) is 30.3 Å². The highest BCUT2D eigenvalue weighted by atomic mass is 79.9. The molecule has 0 unspecified atom stereocenters. The molecule has 2 aliphatic heterocycles. The van der Waals surface area contributed by atoms with Crippen molar-refractivity contribution >= 4 is 21.7 Å². The Hall–Kier alpha value is -0.610. The molecule has 4 heteroatoms. The van der Waals surface area contributed by atoms with Crippen LogP contribution in [0.5, 0.6) is 0 Å². The molecule has 0 amide bonds. The third kappa shape index (κ3) is 1.10. The lowest BCUT2D eigenvalue weighted by Crippen LogP contribution is -2.71.